The molecular formula is C13H17N3O2. The molecule has 18 heavy (non-hydrogen) atoms. The van der Waals surface area contributed by atoms with Crippen LogP contribution >= 0.6 is 0 Å². The minimum Gasteiger partial charge on any atom is -0.497 e. The van der Waals surface area contributed by atoms with Gasteiger partial charge in [0.05, 0.1) is 20.3 Å². The molecule has 0 amide bonds. The largest absolute Gasteiger partial charge is 0.497 e. The number of aliphatic imine (C=N–C) groups is 1. The van der Waals surface area contributed by atoms with Gasteiger partial charge in [0.15, 0.2) is 6.19 Å². The summed E-state index contributed by atoms with van der Waals surface area (Å²) in [5, 5.41) is 11.0. The minimum atomic E-state index is -0.129. The third-order valence-electron chi connectivity index (χ3n) is 2.51. The second-order valence-electron chi connectivity index (χ2n) is 3.74. The first-order valence-electron chi connectivity index (χ1n) is 5.53. The van der Waals surface area contributed by atoms with Crippen LogP contribution in [0, 0.1) is 11.5 Å². The van der Waals surface area contributed by atoms with Gasteiger partial charge in [-0.3, -0.25) is 10.3 Å². The van der Waals surface area contributed by atoms with Crippen molar-refractivity contribution in [1.82, 2.24) is 5.32 Å². The van der Waals surface area contributed by atoms with Gasteiger partial charge in [0.25, 0.3) is 0 Å². The van der Waals surface area contributed by atoms with E-state index in [1.54, 1.807) is 21.1 Å². The molecule has 0 spiro atoms. The second kappa shape index (κ2) is 6.50. The monoisotopic (exact) mass is 247 g/mol. The molecule has 1 aromatic rings. The summed E-state index contributed by atoms with van der Waals surface area (Å²) in [4.78, 5) is 4.37. The molecule has 0 bridgehead atoms. The van der Waals surface area contributed by atoms with Crippen LogP contribution in [0.2, 0.25) is 0 Å². The molecule has 5 heteroatoms. The highest BCUT2D eigenvalue weighted by Gasteiger charge is 2.12. The number of nitriles is 1. The smallest absolute Gasteiger partial charge is 0.182 e. The summed E-state index contributed by atoms with van der Waals surface area (Å²) >= 11 is 0. The van der Waals surface area contributed by atoms with Gasteiger partial charge in [-0.05, 0) is 32.0 Å². The minimum absolute atomic E-state index is 0.129. The normalized spacial score (nSPS) is 12.5. The number of nitrogens with zero attached hydrogens (tertiary/aromatic N) is 2. The molecule has 0 aliphatic rings. The van der Waals surface area contributed by atoms with E-state index in [1.165, 1.54) is 0 Å². The number of rotatable bonds is 4. The molecule has 5 nitrogen and oxygen atoms in total. The Labute approximate surface area is 107 Å². The van der Waals surface area contributed by atoms with E-state index in [0.29, 0.717) is 5.84 Å². The molecule has 1 unspecified atom stereocenters. The highest BCUT2D eigenvalue weighted by Crippen LogP contribution is 2.31. The summed E-state index contributed by atoms with van der Waals surface area (Å²) in [7, 11) is 3.23. The molecule has 0 heterocycles. The average molecular weight is 247 g/mol. The van der Waals surface area contributed by atoms with Crippen LogP contribution in [0.5, 0.6) is 11.5 Å². The van der Waals surface area contributed by atoms with Crippen molar-refractivity contribution in [2.75, 3.05) is 14.2 Å². The maximum absolute atomic E-state index is 8.52. The molecule has 0 aromatic heterocycles. The van der Waals surface area contributed by atoms with Gasteiger partial charge >= 0.3 is 0 Å². The van der Waals surface area contributed by atoms with E-state index in [-0.39, 0.29) is 6.04 Å². The first-order chi connectivity index (χ1) is 8.62. The number of hydrogen-bond donors (Lipinski definition) is 1. The Balaban J connectivity index is 3.07. The summed E-state index contributed by atoms with van der Waals surface area (Å²) < 4.78 is 10.5. The van der Waals surface area contributed by atoms with Crippen molar-refractivity contribution in [2.45, 2.75) is 19.9 Å². The molecule has 0 saturated carbocycles. The first-order valence-corrected chi connectivity index (χ1v) is 5.53. The molecule has 96 valence electrons. The lowest BCUT2D eigenvalue weighted by Gasteiger charge is -2.14. The van der Waals surface area contributed by atoms with Gasteiger partial charge in [-0.2, -0.15) is 5.26 Å². The van der Waals surface area contributed by atoms with Crippen molar-refractivity contribution in [2.24, 2.45) is 4.99 Å². The number of nitrogens with one attached hydrogen (secondary N) is 1. The van der Waals surface area contributed by atoms with E-state index >= 15 is 0 Å². The topological polar surface area (TPSA) is 66.6 Å². The van der Waals surface area contributed by atoms with Crippen LogP contribution in [0.1, 0.15) is 25.5 Å². The standard InChI is InChI=1S/C13H17N3O2/c1-9(16-10(2)15-8-14)12-7-11(17-3)5-6-13(12)18-4/h5-7,9H,1-4H3,(H,15,16). The molecule has 1 rings (SSSR count). The fourth-order valence-electron chi connectivity index (χ4n) is 1.64. The summed E-state index contributed by atoms with van der Waals surface area (Å²) in [6.07, 6.45) is 1.84. The molecule has 0 saturated heterocycles. The Morgan fingerprint density at radius 1 is 1.39 bits per heavy atom. The van der Waals surface area contributed by atoms with E-state index in [2.05, 4.69) is 10.3 Å². The zero-order valence-electron chi connectivity index (χ0n) is 11.0. The van der Waals surface area contributed by atoms with E-state index in [1.807, 2.05) is 31.3 Å². The highest BCUT2D eigenvalue weighted by molar-refractivity contribution is 5.81. The second-order valence-corrected chi connectivity index (χ2v) is 3.74. The van der Waals surface area contributed by atoms with Gasteiger partial charge in [-0.1, -0.05) is 0 Å². The number of ether oxygens (including phenoxy) is 2. The Morgan fingerprint density at radius 2 is 2.11 bits per heavy atom. The lowest BCUT2D eigenvalue weighted by atomic mass is 10.1. The quantitative estimate of drug-likeness (QED) is 0.383. The Hall–Kier alpha value is -2.22. The zero-order valence-corrected chi connectivity index (χ0v) is 11.0. The number of amidine groups is 1. The van der Waals surface area contributed by atoms with Crippen molar-refractivity contribution in [3.05, 3.63) is 23.8 Å². The highest BCUT2D eigenvalue weighted by atomic mass is 16.5. The van der Waals surface area contributed by atoms with E-state index < -0.39 is 0 Å². The van der Waals surface area contributed by atoms with Crippen LogP contribution in [0.3, 0.4) is 0 Å². The average Bonchev–Trinajstić information content (AvgIpc) is 2.38. The van der Waals surface area contributed by atoms with Gasteiger partial charge in [0.1, 0.15) is 17.3 Å². The van der Waals surface area contributed by atoms with Gasteiger partial charge in [-0.15, -0.1) is 0 Å². The third-order valence-corrected chi connectivity index (χ3v) is 2.51. The third kappa shape index (κ3) is 3.39. The van der Waals surface area contributed by atoms with Crippen molar-refractivity contribution in [1.29, 1.82) is 5.26 Å². The van der Waals surface area contributed by atoms with Gasteiger partial charge in [0, 0.05) is 5.56 Å². The van der Waals surface area contributed by atoms with Crippen molar-refractivity contribution in [3.63, 3.8) is 0 Å². The van der Waals surface area contributed by atoms with E-state index in [0.717, 1.165) is 17.1 Å². The maximum Gasteiger partial charge on any atom is 0.182 e. The van der Waals surface area contributed by atoms with Crippen LogP contribution in [0.25, 0.3) is 0 Å². The lowest BCUT2D eigenvalue weighted by molar-refractivity contribution is 0.396. The molecule has 0 radical (unpaired) electrons. The summed E-state index contributed by atoms with van der Waals surface area (Å²) in [6.45, 7) is 3.67. The summed E-state index contributed by atoms with van der Waals surface area (Å²) in [5.74, 6) is 2.06. The van der Waals surface area contributed by atoms with Crippen LogP contribution in [-0.4, -0.2) is 20.1 Å². The van der Waals surface area contributed by atoms with Crippen LogP contribution in [0.4, 0.5) is 0 Å². The molecule has 1 atom stereocenters. The molecule has 0 aliphatic heterocycles. The lowest BCUT2D eigenvalue weighted by Crippen LogP contribution is -2.14. The first kappa shape index (κ1) is 13.8. The fourth-order valence-corrected chi connectivity index (χ4v) is 1.64. The predicted octanol–water partition coefficient (Wildman–Crippen LogP) is 2.25. The molecular weight excluding hydrogens is 230 g/mol. The maximum atomic E-state index is 8.52. The Morgan fingerprint density at radius 3 is 2.67 bits per heavy atom. The van der Waals surface area contributed by atoms with E-state index in [4.69, 9.17) is 14.7 Å². The number of methoxy groups -OCH3 is 2. The van der Waals surface area contributed by atoms with Crippen molar-refractivity contribution >= 4 is 5.84 Å². The van der Waals surface area contributed by atoms with Crippen LogP contribution in [-0.2, 0) is 0 Å². The van der Waals surface area contributed by atoms with Gasteiger partial charge in [0.2, 0.25) is 0 Å². The fraction of sp³-hybridized carbons (Fsp3) is 0.385. The van der Waals surface area contributed by atoms with Gasteiger partial charge in [-0.25, -0.2) is 0 Å². The van der Waals surface area contributed by atoms with Crippen molar-refractivity contribution in [3.8, 4) is 17.7 Å². The molecule has 1 N–H and O–H groups in total. The van der Waals surface area contributed by atoms with Crippen LogP contribution < -0.4 is 14.8 Å². The Bertz CT molecular complexity index is 478. The van der Waals surface area contributed by atoms with Gasteiger partial charge < -0.3 is 9.47 Å². The van der Waals surface area contributed by atoms with Crippen molar-refractivity contribution < 1.29 is 9.47 Å². The molecule has 0 fully saturated rings. The Kier molecular flexibility index (Phi) is 5.00. The summed E-state index contributed by atoms with van der Waals surface area (Å²) in [5.41, 5.74) is 0.913. The van der Waals surface area contributed by atoms with E-state index in [9.17, 15) is 0 Å². The van der Waals surface area contributed by atoms with Crippen LogP contribution in [0.15, 0.2) is 23.2 Å². The molecule has 1 aromatic carbocycles. The number of hydrogen-bond acceptors (Lipinski definition) is 4. The molecule has 0 aliphatic carbocycles. The SMILES string of the molecule is COc1ccc(OC)c(C(C)N=C(C)NC#N)c1. The number of benzene rings is 1. The zero-order chi connectivity index (χ0) is 13.5. The predicted molar refractivity (Wildman–Crippen MR) is 69.8 cm³/mol. The summed E-state index contributed by atoms with van der Waals surface area (Å²) in [6, 6.07) is 5.43.